The van der Waals surface area contributed by atoms with Crippen molar-refractivity contribution in [1.82, 2.24) is 4.72 Å². The Bertz CT molecular complexity index is 336. The third-order valence-electron chi connectivity index (χ3n) is 2.73. The summed E-state index contributed by atoms with van der Waals surface area (Å²) in [5.41, 5.74) is 0. The maximum atomic E-state index is 11.5. The van der Waals surface area contributed by atoms with Gasteiger partial charge in [-0.15, -0.1) is 0 Å². The summed E-state index contributed by atoms with van der Waals surface area (Å²) >= 11 is 0. The summed E-state index contributed by atoms with van der Waals surface area (Å²) in [7, 11) is -3.27. The van der Waals surface area contributed by atoms with Crippen molar-refractivity contribution in [1.29, 1.82) is 0 Å². The van der Waals surface area contributed by atoms with E-state index in [9.17, 15) is 13.2 Å². The number of rotatable bonds is 4. The van der Waals surface area contributed by atoms with Crippen LogP contribution in [-0.4, -0.2) is 30.8 Å². The summed E-state index contributed by atoms with van der Waals surface area (Å²) in [6.45, 7) is 3.21. The van der Waals surface area contributed by atoms with Crippen LogP contribution in [-0.2, 0) is 14.8 Å². The lowest BCUT2D eigenvalue weighted by molar-refractivity contribution is -0.141. The molecule has 0 spiro atoms. The molecule has 15 heavy (non-hydrogen) atoms. The zero-order chi connectivity index (χ0) is 11.6. The molecule has 2 N–H and O–H groups in total. The first-order valence-corrected chi connectivity index (χ1v) is 6.61. The molecule has 0 radical (unpaired) electrons. The lowest BCUT2D eigenvalue weighted by atomic mass is 10.1. The average Bonchev–Trinajstić information content (AvgIpc) is 2.51. The predicted molar refractivity (Wildman–Crippen MR) is 56.0 cm³/mol. The summed E-state index contributed by atoms with van der Waals surface area (Å²) in [6, 6.07) is -0.210. The lowest BCUT2D eigenvalue weighted by Gasteiger charge is -2.14. The molecule has 0 aromatic heterocycles. The normalized spacial score (nSPS) is 27.1. The summed E-state index contributed by atoms with van der Waals surface area (Å²) in [6.07, 6.45) is 1.57. The minimum absolute atomic E-state index is 0.210. The Kier molecular flexibility index (Phi) is 3.72. The Morgan fingerprint density at radius 2 is 2.00 bits per heavy atom. The Morgan fingerprint density at radius 3 is 2.40 bits per heavy atom. The third-order valence-corrected chi connectivity index (χ3v) is 4.64. The minimum Gasteiger partial charge on any atom is -0.481 e. The van der Waals surface area contributed by atoms with Crippen LogP contribution in [0.15, 0.2) is 0 Å². The number of carbonyl (C=O) groups is 1. The fraction of sp³-hybridized carbons (Fsp3) is 0.889. The van der Waals surface area contributed by atoms with Crippen LogP contribution in [0.2, 0.25) is 0 Å². The number of hydrogen-bond acceptors (Lipinski definition) is 3. The van der Waals surface area contributed by atoms with Crippen molar-refractivity contribution in [2.45, 2.75) is 44.4 Å². The second kappa shape index (κ2) is 4.49. The fourth-order valence-corrected chi connectivity index (χ4v) is 2.63. The molecule has 0 heterocycles. The smallest absolute Gasteiger partial charge is 0.306 e. The van der Waals surface area contributed by atoms with E-state index in [0.29, 0.717) is 19.3 Å². The average molecular weight is 235 g/mol. The van der Waals surface area contributed by atoms with E-state index < -0.39 is 27.2 Å². The van der Waals surface area contributed by atoms with Crippen LogP contribution in [0.1, 0.15) is 33.1 Å². The highest BCUT2D eigenvalue weighted by atomic mass is 32.2. The zero-order valence-electron chi connectivity index (χ0n) is 8.93. The quantitative estimate of drug-likeness (QED) is 0.746. The molecule has 0 aromatic rings. The van der Waals surface area contributed by atoms with E-state index in [0.717, 1.165) is 0 Å². The van der Waals surface area contributed by atoms with Gasteiger partial charge in [-0.25, -0.2) is 13.1 Å². The van der Waals surface area contributed by atoms with Crippen LogP contribution in [0.3, 0.4) is 0 Å². The van der Waals surface area contributed by atoms with E-state index in [-0.39, 0.29) is 6.04 Å². The second-order valence-electron chi connectivity index (χ2n) is 4.26. The fourth-order valence-electron chi connectivity index (χ4n) is 1.68. The van der Waals surface area contributed by atoms with E-state index in [4.69, 9.17) is 5.11 Å². The third kappa shape index (κ3) is 3.17. The number of aliphatic carboxylic acids is 1. The van der Waals surface area contributed by atoms with E-state index in [1.54, 1.807) is 13.8 Å². The molecular weight excluding hydrogens is 218 g/mol. The van der Waals surface area contributed by atoms with E-state index in [1.807, 2.05) is 0 Å². The van der Waals surface area contributed by atoms with Crippen LogP contribution in [0.5, 0.6) is 0 Å². The first-order chi connectivity index (χ1) is 6.83. The molecular formula is C9H17NO4S. The molecule has 6 heteroatoms. The molecule has 0 amide bonds. The zero-order valence-corrected chi connectivity index (χ0v) is 9.75. The molecule has 0 saturated heterocycles. The van der Waals surface area contributed by atoms with E-state index in [2.05, 4.69) is 4.72 Å². The van der Waals surface area contributed by atoms with Gasteiger partial charge in [0, 0.05) is 6.04 Å². The number of carboxylic acid groups (broad SMARTS) is 1. The van der Waals surface area contributed by atoms with Crippen molar-refractivity contribution in [2.75, 3.05) is 0 Å². The molecule has 2 atom stereocenters. The van der Waals surface area contributed by atoms with E-state index in [1.165, 1.54) is 0 Å². The van der Waals surface area contributed by atoms with Gasteiger partial charge >= 0.3 is 5.97 Å². The molecule has 1 saturated carbocycles. The van der Waals surface area contributed by atoms with Crippen LogP contribution in [0, 0.1) is 5.92 Å². The van der Waals surface area contributed by atoms with Crippen LogP contribution < -0.4 is 4.72 Å². The van der Waals surface area contributed by atoms with Crippen LogP contribution >= 0.6 is 0 Å². The molecule has 0 aromatic carbocycles. The van der Waals surface area contributed by atoms with Gasteiger partial charge in [-0.1, -0.05) is 0 Å². The van der Waals surface area contributed by atoms with Gasteiger partial charge in [0.15, 0.2) is 0 Å². The second-order valence-corrected chi connectivity index (χ2v) is 6.53. The van der Waals surface area contributed by atoms with Gasteiger partial charge in [0.2, 0.25) is 10.0 Å². The lowest BCUT2D eigenvalue weighted by Crippen LogP contribution is -2.37. The Labute approximate surface area is 89.9 Å². The standard InChI is InChI=1S/C9H17NO4S/c1-6(2)15(13,14)10-8-4-3-7(5-8)9(11)12/h6-8,10H,3-5H2,1-2H3,(H,11,12)/t7-,8+/m0/s1. The van der Waals surface area contributed by atoms with Gasteiger partial charge in [-0.05, 0) is 33.1 Å². The molecule has 1 fully saturated rings. The van der Waals surface area contributed by atoms with Gasteiger partial charge in [0.05, 0.1) is 11.2 Å². The minimum atomic E-state index is -3.27. The molecule has 5 nitrogen and oxygen atoms in total. The highest BCUT2D eigenvalue weighted by molar-refractivity contribution is 7.90. The maximum Gasteiger partial charge on any atom is 0.306 e. The molecule has 0 bridgehead atoms. The number of carboxylic acids is 1. The molecule has 0 aliphatic heterocycles. The molecule has 1 aliphatic rings. The number of nitrogens with one attached hydrogen (secondary N) is 1. The summed E-state index contributed by atoms with van der Waals surface area (Å²) in [5.74, 6) is -1.23. The van der Waals surface area contributed by atoms with Gasteiger partial charge in [0.25, 0.3) is 0 Å². The molecule has 1 aliphatic carbocycles. The largest absolute Gasteiger partial charge is 0.481 e. The highest BCUT2D eigenvalue weighted by Gasteiger charge is 2.32. The predicted octanol–water partition coefficient (Wildman–Crippen LogP) is 0.567. The van der Waals surface area contributed by atoms with Crippen molar-refractivity contribution < 1.29 is 18.3 Å². The summed E-state index contributed by atoms with van der Waals surface area (Å²) in [4.78, 5) is 10.7. The molecule has 1 rings (SSSR count). The first-order valence-electron chi connectivity index (χ1n) is 5.07. The molecule has 0 unspecified atom stereocenters. The Hall–Kier alpha value is -0.620. The van der Waals surface area contributed by atoms with Crippen molar-refractivity contribution >= 4 is 16.0 Å². The maximum absolute atomic E-state index is 11.5. The van der Waals surface area contributed by atoms with Crippen molar-refractivity contribution in [3.05, 3.63) is 0 Å². The van der Waals surface area contributed by atoms with Gasteiger partial charge in [-0.2, -0.15) is 0 Å². The summed E-state index contributed by atoms with van der Waals surface area (Å²) in [5, 5.41) is 8.29. The first kappa shape index (κ1) is 12.4. The van der Waals surface area contributed by atoms with Gasteiger partial charge in [0.1, 0.15) is 0 Å². The number of hydrogen-bond donors (Lipinski definition) is 2. The Morgan fingerprint density at radius 1 is 1.40 bits per heavy atom. The molecule has 88 valence electrons. The topological polar surface area (TPSA) is 83.5 Å². The van der Waals surface area contributed by atoms with Gasteiger partial charge < -0.3 is 5.11 Å². The van der Waals surface area contributed by atoms with Crippen molar-refractivity contribution in [2.24, 2.45) is 5.92 Å². The number of sulfonamides is 1. The Balaban J connectivity index is 2.53. The van der Waals surface area contributed by atoms with Crippen LogP contribution in [0.25, 0.3) is 0 Å². The van der Waals surface area contributed by atoms with Crippen molar-refractivity contribution in [3.63, 3.8) is 0 Å². The monoisotopic (exact) mass is 235 g/mol. The van der Waals surface area contributed by atoms with Crippen LogP contribution in [0.4, 0.5) is 0 Å². The summed E-state index contributed by atoms with van der Waals surface area (Å²) < 4.78 is 25.6. The van der Waals surface area contributed by atoms with Crippen molar-refractivity contribution in [3.8, 4) is 0 Å². The SMILES string of the molecule is CC(C)S(=O)(=O)N[C@@H]1CC[C@H](C(=O)O)C1. The van der Waals surface area contributed by atoms with Gasteiger partial charge in [-0.3, -0.25) is 4.79 Å². The highest BCUT2D eigenvalue weighted by Crippen LogP contribution is 2.26. The van der Waals surface area contributed by atoms with E-state index >= 15 is 0 Å².